The first-order chi connectivity index (χ1) is 8.53. The summed E-state index contributed by atoms with van der Waals surface area (Å²) in [6, 6.07) is 4.67. The fraction of sp³-hybridized carbons (Fsp3) is 0.455. The van der Waals surface area contributed by atoms with Crippen LogP contribution in [0.5, 0.6) is 0 Å². The minimum atomic E-state index is -3.48. The molecular formula is C11H15ClN2O2S2. The van der Waals surface area contributed by atoms with Crippen molar-refractivity contribution in [2.24, 2.45) is 5.73 Å². The van der Waals surface area contributed by atoms with E-state index in [2.05, 4.69) is 4.72 Å². The molecule has 100 valence electrons. The standard InChI is InChI=1S/C11H15ClN2O2S2/c12-11-5-10(2-1-8(11)6-13)18(15,16)14-9-3-4-17-7-9/h1-2,5,9,14H,3-4,6-7,13H2. The van der Waals surface area contributed by atoms with Crippen molar-refractivity contribution in [2.75, 3.05) is 11.5 Å². The topological polar surface area (TPSA) is 72.2 Å². The van der Waals surface area contributed by atoms with Gasteiger partial charge >= 0.3 is 0 Å². The van der Waals surface area contributed by atoms with Gasteiger partial charge in [-0.25, -0.2) is 13.1 Å². The summed E-state index contributed by atoms with van der Waals surface area (Å²) >= 11 is 7.73. The van der Waals surface area contributed by atoms with Crippen molar-refractivity contribution in [1.29, 1.82) is 0 Å². The van der Waals surface area contributed by atoms with E-state index in [9.17, 15) is 8.42 Å². The van der Waals surface area contributed by atoms with Gasteiger partial charge in [0.2, 0.25) is 10.0 Å². The molecule has 0 radical (unpaired) electrons. The number of hydrogen-bond acceptors (Lipinski definition) is 4. The summed E-state index contributed by atoms with van der Waals surface area (Å²) in [6.45, 7) is 0.297. The quantitative estimate of drug-likeness (QED) is 0.886. The van der Waals surface area contributed by atoms with Gasteiger partial charge in [0, 0.05) is 23.4 Å². The van der Waals surface area contributed by atoms with Crippen LogP contribution in [0.4, 0.5) is 0 Å². The van der Waals surface area contributed by atoms with Crippen LogP contribution < -0.4 is 10.5 Å². The van der Waals surface area contributed by atoms with E-state index in [1.807, 2.05) is 0 Å². The van der Waals surface area contributed by atoms with E-state index in [1.165, 1.54) is 6.07 Å². The molecule has 1 aliphatic heterocycles. The number of benzene rings is 1. The van der Waals surface area contributed by atoms with Gasteiger partial charge in [-0.1, -0.05) is 17.7 Å². The molecule has 2 rings (SSSR count). The Hall–Kier alpha value is -0.270. The Morgan fingerprint density at radius 2 is 2.28 bits per heavy atom. The molecule has 0 aromatic heterocycles. The molecule has 1 atom stereocenters. The molecule has 1 aromatic rings. The van der Waals surface area contributed by atoms with Crippen LogP contribution >= 0.6 is 23.4 Å². The molecule has 1 aromatic carbocycles. The van der Waals surface area contributed by atoms with Crippen LogP contribution in [0.15, 0.2) is 23.1 Å². The Kier molecular flexibility index (Phi) is 4.55. The summed E-state index contributed by atoms with van der Waals surface area (Å²) in [7, 11) is -3.48. The second-order valence-corrected chi connectivity index (χ2v) is 7.41. The average Bonchev–Trinajstić information content (AvgIpc) is 2.81. The molecule has 0 amide bonds. The number of sulfonamides is 1. The van der Waals surface area contributed by atoms with E-state index in [0.29, 0.717) is 11.6 Å². The maximum absolute atomic E-state index is 12.1. The highest BCUT2D eigenvalue weighted by Gasteiger charge is 2.23. The number of thioether (sulfide) groups is 1. The van der Waals surface area contributed by atoms with Crippen LogP contribution in [-0.2, 0) is 16.6 Å². The van der Waals surface area contributed by atoms with Gasteiger partial charge in [-0.05, 0) is 29.9 Å². The summed E-state index contributed by atoms with van der Waals surface area (Å²) in [5.41, 5.74) is 6.23. The molecule has 4 nitrogen and oxygen atoms in total. The van der Waals surface area contributed by atoms with E-state index in [-0.39, 0.29) is 10.9 Å². The third kappa shape index (κ3) is 3.19. The smallest absolute Gasteiger partial charge is 0.240 e. The van der Waals surface area contributed by atoms with Gasteiger partial charge in [0.05, 0.1) is 4.90 Å². The lowest BCUT2D eigenvalue weighted by molar-refractivity contribution is 0.563. The maximum atomic E-state index is 12.1. The Bertz CT molecular complexity index is 528. The monoisotopic (exact) mass is 306 g/mol. The Morgan fingerprint density at radius 1 is 1.50 bits per heavy atom. The minimum Gasteiger partial charge on any atom is -0.326 e. The van der Waals surface area contributed by atoms with E-state index >= 15 is 0 Å². The van der Waals surface area contributed by atoms with Crippen molar-refractivity contribution in [1.82, 2.24) is 4.72 Å². The maximum Gasteiger partial charge on any atom is 0.240 e. The molecule has 0 spiro atoms. The van der Waals surface area contributed by atoms with Crippen molar-refractivity contribution < 1.29 is 8.42 Å². The average molecular weight is 307 g/mol. The van der Waals surface area contributed by atoms with E-state index < -0.39 is 10.0 Å². The van der Waals surface area contributed by atoms with Gasteiger partial charge in [-0.15, -0.1) is 0 Å². The Morgan fingerprint density at radius 3 is 2.83 bits per heavy atom. The first kappa shape index (κ1) is 14.1. The van der Waals surface area contributed by atoms with Gasteiger partial charge in [-0.2, -0.15) is 11.8 Å². The van der Waals surface area contributed by atoms with Crippen LogP contribution in [0.1, 0.15) is 12.0 Å². The molecular weight excluding hydrogens is 292 g/mol. The van der Waals surface area contributed by atoms with E-state index in [4.69, 9.17) is 17.3 Å². The second kappa shape index (κ2) is 5.79. The summed E-state index contributed by atoms with van der Waals surface area (Å²) in [5.74, 6) is 1.83. The summed E-state index contributed by atoms with van der Waals surface area (Å²) in [5, 5.41) is 0.390. The fourth-order valence-corrected chi connectivity index (χ4v) is 4.65. The zero-order valence-electron chi connectivity index (χ0n) is 9.73. The molecule has 1 saturated heterocycles. The lowest BCUT2D eigenvalue weighted by atomic mass is 10.2. The summed E-state index contributed by atoms with van der Waals surface area (Å²) in [4.78, 5) is 0.196. The van der Waals surface area contributed by atoms with Gasteiger partial charge in [0.25, 0.3) is 0 Å². The minimum absolute atomic E-state index is 0.0213. The van der Waals surface area contributed by atoms with Crippen molar-refractivity contribution in [3.63, 3.8) is 0 Å². The first-order valence-electron chi connectivity index (χ1n) is 5.61. The van der Waals surface area contributed by atoms with Crippen LogP contribution in [-0.4, -0.2) is 26.0 Å². The first-order valence-corrected chi connectivity index (χ1v) is 8.63. The lowest BCUT2D eigenvalue weighted by Gasteiger charge is -2.12. The molecule has 3 N–H and O–H groups in total. The third-order valence-electron chi connectivity index (χ3n) is 2.81. The molecule has 0 bridgehead atoms. The van der Waals surface area contributed by atoms with Crippen LogP contribution in [0.3, 0.4) is 0 Å². The highest BCUT2D eigenvalue weighted by atomic mass is 35.5. The van der Waals surface area contributed by atoms with Crippen molar-refractivity contribution in [2.45, 2.75) is 23.9 Å². The number of hydrogen-bond donors (Lipinski definition) is 2. The Balaban J connectivity index is 2.21. The van der Waals surface area contributed by atoms with E-state index in [1.54, 1.807) is 23.9 Å². The molecule has 1 heterocycles. The van der Waals surface area contributed by atoms with Crippen LogP contribution in [0.2, 0.25) is 5.02 Å². The summed E-state index contributed by atoms with van der Waals surface area (Å²) in [6.07, 6.45) is 0.874. The zero-order chi connectivity index (χ0) is 13.2. The summed E-state index contributed by atoms with van der Waals surface area (Å²) < 4.78 is 27.0. The number of rotatable bonds is 4. The molecule has 0 saturated carbocycles. The molecule has 1 fully saturated rings. The number of nitrogens with one attached hydrogen (secondary N) is 1. The van der Waals surface area contributed by atoms with E-state index in [0.717, 1.165) is 23.5 Å². The highest BCUT2D eigenvalue weighted by Crippen LogP contribution is 2.23. The second-order valence-electron chi connectivity index (χ2n) is 4.14. The zero-order valence-corrected chi connectivity index (χ0v) is 12.1. The van der Waals surface area contributed by atoms with Gasteiger partial charge < -0.3 is 5.73 Å². The third-order valence-corrected chi connectivity index (χ3v) is 5.84. The molecule has 1 unspecified atom stereocenters. The molecule has 7 heteroatoms. The van der Waals surface area contributed by atoms with Crippen LogP contribution in [0.25, 0.3) is 0 Å². The highest BCUT2D eigenvalue weighted by molar-refractivity contribution is 7.99. The predicted octanol–water partition coefficient (Wildman–Crippen LogP) is 1.58. The van der Waals surface area contributed by atoms with Crippen LogP contribution in [0, 0.1) is 0 Å². The molecule has 0 aliphatic carbocycles. The molecule has 1 aliphatic rings. The van der Waals surface area contributed by atoms with Gasteiger partial charge in [0.1, 0.15) is 0 Å². The van der Waals surface area contributed by atoms with Gasteiger partial charge in [-0.3, -0.25) is 0 Å². The Labute approximate surface area is 116 Å². The fourth-order valence-electron chi connectivity index (χ4n) is 1.78. The van der Waals surface area contributed by atoms with Crippen molar-refractivity contribution in [3.05, 3.63) is 28.8 Å². The number of halogens is 1. The van der Waals surface area contributed by atoms with Crippen molar-refractivity contribution in [3.8, 4) is 0 Å². The molecule has 18 heavy (non-hydrogen) atoms. The van der Waals surface area contributed by atoms with Crippen molar-refractivity contribution >= 4 is 33.4 Å². The number of nitrogens with two attached hydrogens (primary N) is 1. The van der Waals surface area contributed by atoms with Gasteiger partial charge in [0.15, 0.2) is 0 Å². The normalized spacial score (nSPS) is 20.2. The predicted molar refractivity (Wildman–Crippen MR) is 75.4 cm³/mol. The largest absolute Gasteiger partial charge is 0.326 e. The SMILES string of the molecule is NCc1ccc(S(=O)(=O)NC2CCSC2)cc1Cl. The lowest BCUT2D eigenvalue weighted by Crippen LogP contribution is -2.34.